The van der Waals surface area contributed by atoms with Gasteiger partial charge in [0.05, 0.1) is 6.33 Å². The van der Waals surface area contributed by atoms with Crippen LogP contribution in [0.2, 0.25) is 0 Å². The summed E-state index contributed by atoms with van der Waals surface area (Å²) < 4.78 is 5.22. The molecule has 1 aromatic carbocycles. The third kappa shape index (κ3) is 2.29. The number of rotatable bonds is 4. The van der Waals surface area contributed by atoms with Gasteiger partial charge in [-0.25, -0.2) is 4.98 Å². The van der Waals surface area contributed by atoms with Crippen molar-refractivity contribution in [1.82, 2.24) is 20.1 Å². The van der Waals surface area contributed by atoms with Gasteiger partial charge in [-0.15, -0.1) is 0 Å². The first kappa shape index (κ1) is 10.7. The molecule has 90 valence electrons. The standard InChI is InChI=1S/C13H12N4O/c1-2-4-10(5-3-1)13-16-12(18-17-13)7-6-11-8-14-9-15-11/h1-5,8-9H,6-7H2,(H,14,15). The van der Waals surface area contributed by atoms with Gasteiger partial charge < -0.3 is 9.51 Å². The number of benzene rings is 1. The lowest BCUT2D eigenvalue weighted by molar-refractivity contribution is 0.378. The minimum Gasteiger partial charge on any atom is -0.348 e. The van der Waals surface area contributed by atoms with Crippen LogP contribution in [0.3, 0.4) is 0 Å². The maximum absolute atomic E-state index is 5.22. The highest BCUT2D eigenvalue weighted by molar-refractivity contribution is 5.53. The van der Waals surface area contributed by atoms with Crippen molar-refractivity contribution in [3.8, 4) is 11.4 Å². The van der Waals surface area contributed by atoms with E-state index < -0.39 is 0 Å². The van der Waals surface area contributed by atoms with Crippen molar-refractivity contribution in [2.45, 2.75) is 12.8 Å². The highest BCUT2D eigenvalue weighted by atomic mass is 16.5. The molecule has 1 N–H and O–H groups in total. The van der Waals surface area contributed by atoms with E-state index in [0.29, 0.717) is 18.1 Å². The van der Waals surface area contributed by atoms with Crippen molar-refractivity contribution in [3.63, 3.8) is 0 Å². The molecule has 0 aliphatic rings. The fourth-order valence-electron chi connectivity index (χ4n) is 1.72. The Morgan fingerprint density at radius 1 is 1.11 bits per heavy atom. The third-order valence-electron chi connectivity index (χ3n) is 2.66. The van der Waals surface area contributed by atoms with Crippen LogP contribution in [-0.2, 0) is 12.8 Å². The van der Waals surface area contributed by atoms with E-state index in [9.17, 15) is 0 Å². The van der Waals surface area contributed by atoms with Gasteiger partial charge in [-0.05, 0) is 6.42 Å². The summed E-state index contributed by atoms with van der Waals surface area (Å²) in [5.74, 6) is 1.28. The maximum Gasteiger partial charge on any atom is 0.227 e. The molecular formula is C13H12N4O. The van der Waals surface area contributed by atoms with Crippen LogP contribution in [0.15, 0.2) is 47.4 Å². The zero-order valence-corrected chi connectivity index (χ0v) is 9.71. The van der Waals surface area contributed by atoms with Crippen LogP contribution in [0.4, 0.5) is 0 Å². The summed E-state index contributed by atoms with van der Waals surface area (Å²) in [4.78, 5) is 11.4. The van der Waals surface area contributed by atoms with Gasteiger partial charge in [-0.1, -0.05) is 35.5 Å². The van der Waals surface area contributed by atoms with Gasteiger partial charge in [0.2, 0.25) is 11.7 Å². The van der Waals surface area contributed by atoms with E-state index >= 15 is 0 Å². The predicted molar refractivity (Wildman–Crippen MR) is 65.7 cm³/mol. The molecule has 18 heavy (non-hydrogen) atoms. The van der Waals surface area contributed by atoms with Gasteiger partial charge in [-0.2, -0.15) is 4.98 Å². The lowest BCUT2D eigenvalue weighted by atomic mass is 10.2. The molecule has 0 aliphatic carbocycles. The quantitative estimate of drug-likeness (QED) is 0.759. The maximum atomic E-state index is 5.22. The van der Waals surface area contributed by atoms with E-state index in [1.54, 1.807) is 12.5 Å². The average Bonchev–Trinajstić information content (AvgIpc) is 3.09. The summed E-state index contributed by atoms with van der Waals surface area (Å²) in [6.45, 7) is 0. The van der Waals surface area contributed by atoms with E-state index in [4.69, 9.17) is 4.52 Å². The monoisotopic (exact) mass is 240 g/mol. The predicted octanol–water partition coefficient (Wildman–Crippen LogP) is 2.24. The van der Waals surface area contributed by atoms with Crippen LogP contribution >= 0.6 is 0 Å². The summed E-state index contributed by atoms with van der Waals surface area (Å²) in [5.41, 5.74) is 2.03. The normalized spacial score (nSPS) is 10.7. The van der Waals surface area contributed by atoms with Crippen molar-refractivity contribution in [2.75, 3.05) is 0 Å². The number of hydrogen-bond acceptors (Lipinski definition) is 4. The van der Waals surface area contributed by atoms with Crippen molar-refractivity contribution in [2.24, 2.45) is 0 Å². The van der Waals surface area contributed by atoms with E-state index in [1.165, 1.54) is 0 Å². The van der Waals surface area contributed by atoms with Crippen LogP contribution < -0.4 is 0 Å². The van der Waals surface area contributed by atoms with Gasteiger partial charge in [-0.3, -0.25) is 0 Å². The van der Waals surface area contributed by atoms with Gasteiger partial charge in [0.15, 0.2) is 0 Å². The molecule has 0 amide bonds. The van der Waals surface area contributed by atoms with E-state index in [-0.39, 0.29) is 0 Å². The number of hydrogen-bond donors (Lipinski definition) is 1. The summed E-state index contributed by atoms with van der Waals surface area (Å²) in [6.07, 6.45) is 4.99. The number of nitrogens with zero attached hydrogens (tertiary/aromatic N) is 3. The van der Waals surface area contributed by atoms with Gasteiger partial charge in [0, 0.05) is 23.9 Å². The fourth-order valence-corrected chi connectivity index (χ4v) is 1.72. The molecule has 0 atom stereocenters. The molecule has 0 fully saturated rings. The molecule has 5 heteroatoms. The largest absolute Gasteiger partial charge is 0.348 e. The Kier molecular flexibility index (Phi) is 2.87. The number of aromatic amines is 1. The second-order valence-corrected chi connectivity index (χ2v) is 3.95. The Balaban J connectivity index is 1.70. The molecule has 0 aliphatic heterocycles. The van der Waals surface area contributed by atoms with Crippen molar-refractivity contribution < 1.29 is 4.52 Å². The van der Waals surface area contributed by atoms with Crippen molar-refractivity contribution in [3.05, 3.63) is 54.4 Å². The Morgan fingerprint density at radius 2 is 2.00 bits per heavy atom. The number of H-pyrrole nitrogens is 1. The van der Waals surface area contributed by atoms with E-state index in [1.807, 2.05) is 30.3 Å². The van der Waals surface area contributed by atoms with Gasteiger partial charge >= 0.3 is 0 Å². The number of imidazole rings is 1. The Morgan fingerprint density at radius 3 is 2.78 bits per heavy atom. The minimum absolute atomic E-state index is 0.634. The molecule has 0 saturated heterocycles. The summed E-state index contributed by atoms with van der Waals surface area (Å²) in [7, 11) is 0. The Bertz CT molecular complexity index is 601. The molecular weight excluding hydrogens is 228 g/mol. The topological polar surface area (TPSA) is 67.6 Å². The molecule has 3 rings (SSSR count). The number of aryl methyl sites for hydroxylation is 2. The highest BCUT2D eigenvalue weighted by Crippen LogP contribution is 2.15. The zero-order chi connectivity index (χ0) is 12.2. The molecule has 0 spiro atoms. The molecule has 2 heterocycles. The Hall–Kier alpha value is -2.43. The van der Waals surface area contributed by atoms with Crippen LogP contribution in [0.25, 0.3) is 11.4 Å². The summed E-state index contributed by atoms with van der Waals surface area (Å²) in [5, 5.41) is 3.97. The van der Waals surface area contributed by atoms with Crippen molar-refractivity contribution >= 4 is 0 Å². The average molecular weight is 240 g/mol. The second kappa shape index (κ2) is 4.83. The molecule has 0 bridgehead atoms. The number of aromatic nitrogens is 4. The molecule has 2 aromatic heterocycles. The van der Waals surface area contributed by atoms with Gasteiger partial charge in [0.1, 0.15) is 0 Å². The molecule has 0 saturated carbocycles. The lowest BCUT2D eigenvalue weighted by Gasteiger charge is -1.92. The first-order valence-corrected chi connectivity index (χ1v) is 5.77. The first-order valence-electron chi connectivity index (χ1n) is 5.77. The van der Waals surface area contributed by atoms with Gasteiger partial charge in [0.25, 0.3) is 0 Å². The molecule has 0 unspecified atom stereocenters. The minimum atomic E-state index is 0.634. The van der Waals surface area contributed by atoms with E-state index in [2.05, 4.69) is 20.1 Å². The van der Waals surface area contributed by atoms with Crippen LogP contribution in [0.5, 0.6) is 0 Å². The zero-order valence-electron chi connectivity index (χ0n) is 9.71. The SMILES string of the molecule is c1ccc(-c2noc(CCc3cnc[nH]3)n2)cc1. The fraction of sp³-hybridized carbons (Fsp3) is 0.154. The van der Waals surface area contributed by atoms with Crippen molar-refractivity contribution in [1.29, 1.82) is 0 Å². The summed E-state index contributed by atoms with van der Waals surface area (Å²) in [6, 6.07) is 9.79. The smallest absolute Gasteiger partial charge is 0.227 e. The van der Waals surface area contributed by atoms with Crippen LogP contribution in [-0.4, -0.2) is 20.1 Å². The lowest BCUT2D eigenvalue weighted by Crippen LogP contribution is -1.91. The molecule has 5 nitrogen and oxygen atoms in total. The summed E-state index contributed by atoms with van der Waals surface area (Å²) >= 11 is 0. The van der Waals surface area contributed by atoms with Crippen LogP contribution in [0, 0.1) is 0 Å². The van der Waals surface area contributed by atoms with E-state index in [0.717, 1.165) is 17.7 Å². The third-order valence-corrected chi connectivity index (χ3v) is 2.66. The molecule has 0 radical (unpaired) electrons. The highest BCUT2D eigenvalue weighted by Gasteiger charge is 2.08. The number of nitrogens with one attached hydrogen (secondary N) is 1. The van der Waals surface area contributed by atoms with Crippen LogP contribution in [0.1, 0.15) is 11.6 Å². The molecule has 3 aromatic rings. The first-order chi connectivity index (χ1) is 8.92. The second-order valence-electron chi connectivity index (χ2n) is 3.95. The Labute approximate surface area is 104 Å².